The van der Waals surface area contributed by atoms with Crippen LogP contribution in [0.15, 0.2) is 36.5 Å². The van der Waals surface area contributed by atoms with E-state index < -0.39 is 11.4 Å². The van der Waals surface area contributed by atoms with E-state index in [0.717, 1.165) is 25.8 Å². The van der Waals surface area contributed by atoms with E-state index in [9.17, 15) is 4.79 Å². The third-order valence-corrected chi connectivity index (χ3v) is 7.19. The van der Waals surface area contributed by atoms with Crippen LogP contribution >= 0.6 is 0 Å². The van der Waals surface area contributed by atoms with Gasteiger partial charge < -0.3 is 28.7 Å². The van der Waals surface area contributed by atoms with E-state index in [4.69, 9.17) is 18.9 Å². The van der Waals surface area contributed by atoms with Crippen LogP contribution in [0.5, 0.6) is 11.6 Å². The van der Waals surface area contributed by atoms with Gasteiger partial charge in [0.2, 0.25) is 5.88 Å². The van der Waals surface area contributed by atoms with Crippen molar-refractivity contribution in [1.82, 2.24) is 25.3 Å². The van der Waals surface area contributed by atoms with Crippen molar-refractivity contribution in [3.8, 4) is 34.0 Å². The van der Waals surface area contributed by atoms with Crippen LogP contribution in [-0.4, -0.2) is 83.7 Å². The van der Waals surface area contributed by atoms with E-state index in [1.54, 1.807) is 18.2 Å². The number of methoxy groups -OCH3 is 2. The van der Waals surface area contributed by atoms with E-state index in [-0.39, 0.29) is 30.4 Å². The molecule has 1 aliphatic heterocycles. The summed E-state index contributed by atoms with van der Waals surface area (Å²) in [5.74, 6) is 1.38. The predicted octanol–water partition coefficient (Wildman–Crippen LogP) is 4.96. The number of carbonyl (C=O) groups excluding carboxylic acids is 1. The predicted molar refractivity (Wildman–Crippen MR) is 154 cm³/mol. The Morgan fingerprint density at radius 3 is 2.55 bits per heavy atom. The third kappa shape index (κ3) is 7.04. The van der Waals surface area contributed by atoms with Crippen LogP contribution in [0.3, 0.4) is 0 Å². The number of amides is 1. The lowest BCUT2D eigenvalue weighted by atomic mass is 10.0. The van der Waals surface area contributed by atoms with E-state index in [2.05, 4.69) is 25.3 Å². The molecule has 1 saturated heterocycles. The molecule has 5 rings (SSSR count). The number of nitrogens with zero attached hydrogens (tertiary/aromatic N) is 6. The number of aromatic nitrogens is 4. The van der Waals surface area contributed by atoms with Gasteiger partial charge in [-0.15, -0.1) is 15.3 Å². The largest absolute Gasteiger partial charge is 0.480 e. The van der Waals surface area contributed by atoms with Crippen molar-refractivity contribution in [1.29, 1.82) is 0 Å². The number of hydrogen-bond donors (Lipinski definition) is 0. The molecule has 0 spiro atoms. The SMILES string of the molecule is COCOc1cc(-c2cnnc(OC)c2)c(F)cc1-c1ccc(N2CC[C@H](N(CC3CC3)C(=O)OC(C)(C)C)C2)nn1. The Hall–Kier alpha value is -4.06. The number of hydrogen-bond acceptors (Lipinski definition) is 10. The number of anilines is 1. The number of halogens is 1. The normalized spacial score (nSPS) is 16.8. The zero-order valence-electron chi connectivity index (χ0n) is 24.7. The summed E-state index contributed by atoms with van der Waals surface area (Å²) in [7, 11) is 2.98. The standard InChI is InChI=1S/C30H37FN6O5/c1-30(2,3)42-29(38)37(16-19-6-7-19)21-10-11-36(17-21)27-9-8-25(33-34-27)23-13-24(31)22(14-26(23)41-18-39-4)20-12-28(40-5)35-32-15-20/h8-9,12-15,19,21H,6-7,10-11,16-18H2,1-5H3/t21-/m0/s1. The molecule has 1 saturated carbocycles. The van der Waals surface area contributed by atoms with Gasteiger partial charge in [0.15, 0.2) is 12.6 Å². The fourth-order valence-electron chi connectivity index (χ4n) is 4.92. The molecule has 1 aromatic carbocycles. The molecule has 2 aliphatic rings. The maximum Gasteiger partial charge on any atom is 0.410 e. The molecule has 12 heteroatoms. The molecule has 11 nitrogen and oxygen atoms in total. The lowest BCUT2D eigenvalue weighted by Crippen LogP contribution is -2.45. The van der Waals surface area contributed by atoms with Crippen LogP contribution in [0.1, 0.15) is 40.0 Å². The number of benzene rings is 1. The highest BCUT2D eigenvalue weighted by Gasteiger charge is 2.37. The van der Waals surface area contributed by atoms with Crippen molar-refractivity contribution in [3.05, 3.63) is 42.3 Å². The zero-order chi connectivity index (χ0) is 29.9. The van der Waals surface area contributed by atoms with Gasteiger partial charge in [0.1, 0.15) is 17.2 Å². The fraction of sp³-hybridized carbons (Fsp3) is 0.500. The fourth-order valence-corrected chi connectivity index (χ4v) is 4.92. The molecule has 42 heavy (non-hydrogen) atoms. The van der Waals surface area contributed by atoms with Gasteiger partial charge in [-0.05, 0) is 70.2 Å². The Kier molecular flexibility index (Phi) is 8.72. The molecule has 0 unspecified atom stereocenters. The van der Waals surface area contributed by atoms with Gasteiger partial charge in [-0.3, -0.25) is 0 Å². The quantitative estimate of drug-likeness (QED) is 0.305. The molecule has 1 aliphatic carbocycles. The van der Waals surface area contributed by atoms with Gasteiger partial charge in [-0.2, -0.15) is 5.10 Å². The Labute approximate surface area is 244 Å². The molecule has 0 radical (unpaired) electrons. The first kappa shape index (κ1) is 29.4. The number of rotatable bonds is 10. The summed E-state index contributed by atoms with van der Waals surface area (Å²) in [6.45, 7) is 7.70. The average molecular weight is 581 g/mol. The molecular weight excluding hydrogens is 543 g/mol. The van der Waals surface area contributed by atoms with Crippen LogP contribution in [0, 0.1) is 11.7 Å². The summed E-state index contributed by atoms with van der Waals surface area (Å²) < 4.78 is 37.1. The van der Waals surface area contributed by atoms with Crippen LogP contribution < -0.4 is 14.4 Å². The van der Waals surface area contributed by atoms with Gasteiger partial charge >= 0.3 is 6.09 Å². The van der Waals surface area contributed by atoms with Crippen LogP contribution in [0.2, 0.25) is 0 Å². The minimum atomic E-state index is -0.552. The molecule has 2 aromatic heterocycles. The lowest BCUT2D eigenvalue weighted by Gasteiger charge is -2.31. The monoisotopic (exact) mass is 580 g/mol. The maximum atomic E-state index is 15.4. The van der Waals surface area contributed by atoms with Crippen molar-refractivity contribution in [2.75, 3.05) is 45.5 Å². The molecule has 0 bridgehead atoms. The summed E-state index contributed by atoms with van der Waals surface area (Å²) in [5.41, 5.74) is 1.08. The molecule has 1 amide bonds. The second-order valence-electron chi connectivity index (χ2n) is 11.6. The Bertz CT molecular complexity index is 1400. The minimum absolute atomic E-state index is 0.0268. The first-order valence-electron chi connectivity index (χ1n) is 14.1. The van der Waals surface area contributed by atoms with Crippen molar-refractivity contribution in [3.63, 3.8) is 0 Å². The van der Waals surface area contributed by atoms with E-state index in [1.165, 1.54) is 26.5 Å². The van der Waals surface area contributed by atoms with Crippen LogP contribution in [-0.2, 0) is 9.47 Å². The van der Waals surface area contributed by atoms with Gasteiger partial charge in [0.05, 0.1) is 25.0 Å². The minimum Gasteiger partial charge on any atom is -0.480 e. The number of carbonyl (C=O) groups is 1. The molecule has 224 valence electrons. The summed E-state index contributed by atoms with van der Waals surface area (Å²) in [5, 5.41) is 16.6. The van der Waals surface area contributed by atoms with Gasteiger partial charge in [0.25, 0.3) is 0 Å². The van der Waals surface area contributed by atoms with Crippen molar-refractivity contribution >= 4 is 11.9 Å². The third-order valence-electron chi connectivity index (χ3n) is 7.19. The van der Waals surface area contributed by atoms with E-state index >= 15 is 4.39 Å². The highest BCUT2D eigenvalue weighted by atomic mass is 19.1. The van der Waals surface area contributed by atoms with Crippen molar-refractivity contribution < 1.29 is 28.1 Å². The summed E-state index contributed by atoms with van der Waals surface area (Å²) >= 11 is 0. The van der Waals surface area contributed by atoms with Gasteiger partial charge in [0, 0.05) is 49.5 Å². The second-order valence-corrected chi connectivity index (χ2v) is 11.6. The maximum absolute atomic E-state index is 15.4. The van der Waals surface area contributed by atoms with Crippen LogP contribution in [0.25, 0.3) is 22.4 Å². The lowest BCUT2D eigenvalue weighted by molar-refractivity contribution is 0.0167. The van der Waals surface area contributed by atoms with Crippen molar-refractivity contribution in [2.24, 2.45) is 5.92 Å². The first-order valence-corrected chi connectivity index (χ1v) is 14.1. The second kappa shape index (κ2) is 12.4. The first-order chi connectivity index (χ1) is 20.1. The summed E-state index contributed by atoms with van der Waals surface area (Å²) in [6, 6.07) is 8.20. The molecule has 1 atom stereocenters. The molecule has 3 heterocycles. The van der Waals surface area contributed by atoms with Gasteiger partial charge in [-0.25, -0.2) is 9.18 Å². The molecule has 2 fully saturated rings. The number of ether oxygens (including phenoxy) is 4. The summed E-state index contributed by atoms with van der Waals surface area (Å²) in [6.07, 6.45) is 4.29. The highest BCUT2D eigenvalue weighted by molar-refractivity contribution is 5.75. The van der Waals surface area contributed by atoms with E-state index in [1.807, 2.05) is 31.7 Å². The Balaban J connectivity index is 1.35. The molecule has 3 aromatic rings. The Morgan fingerprint density at radius 1 is 1.07 bits per heavy atom. The summed E-state index contributed by atoms with van der Waals surface area (Å²) in [4.78, 5) is 17.0. The zero-order valence-corrected chi connectivity index (χ0v) is 24.7. The highest BCUT2D eigenvalue weighted by Crippen LogP contribution is 2.37. The van der Waals surface area contributed by atoms with Crippen LogP contribution in [0.4, 0.5) is 15.0 Å². The molecule has 0 N–H and O–H groups in total. The van der Waals surface area contributed by atoms with Crippen molar-refractivity contribution in [2.45, 2.75) is 51.7 Å². The average Bonchev–Trinajstić information content (AvgIpc) is 3.67. The van der Waals surface area contributed by atoms with Gasteiger partial charge in [-0.1, -0.05) is 0 Å². The molecular formula is C30H37FN6O5. The van der Waals surface area contributed by atoms with E-state index in [0.29, 0.717) is 47.4 Å². The smallest absolute Gasteiger partial charge is 0.410 e. The Morgan fingerprint density at radius 2 is 1.88 bits per heavy atom. The topological polar surface area (TPSA) is 112 Å².